The van der Waals surface area contributed by atoms with Crippen molar-refractivity contribution >= 4 is 11.0 Å². The van der Waals surface area contributed by atoms with E-state index in [9.17, 15) is 9.59 Å². The van der Waals surface area contributed by atoms with Crippen molar-refractivity contribution in [1.82, 2.24) is 34.7 Å². The highest BCUT2D eigenvalue weighted by atomic mass is 16.5. The number of H-pyrrole nitrogens is 1. The fraction of sp³-hybridized carbons (Fsp3) is 0.226. The summed E-state index contributed by atoms with van der Waals surface area (Å²) in [6.45, 7) is 4.24. The van der Waals surface area contributed by atoms with Crippen LogP contribution in [-0.2, 0) is 19.5 Å². The Morgan fingerprint density at radius 1 is 0.927 bits per heavy atom. The molecule has 0 bridgehead atoms. The zero-order valence-corrected chi connectivity index (χ0v) is 22.9. The zero-order valence-electron chi connectivity index (χ0n) is 22.9. The number of nitrogens with zero attached hydrogens (tertiary/aromatic N) is 6. The van der Waals surface area contributed by atoms with E-state index in [-0.39, 0.29) is 12.2 Å². The molecule has 41 heavy (non-hydrogen) atoms. The van der Waals surface area contributed by atoms with Gasteiger partial charge in [0, 0.05) is 17.5 Å². The number of nitrogens with one attached hydrogen (secondary N) is 1. The van der Waals surface area contributed by atoms with Crippen molar-refractivity contribution in [1.29, 1.82) is 0 Å². The van der Waals surface area contributed by atoms with E-state index in [4.69, 9.17) is 9.51 Å². The van der Waals surface area contributed by atoms with Crippen LogP contribution in [0, 0.1) is 6.92 Å². The Bertz CT molecular complexity index is 1950. The largest absolute Gasteiger partial charge is 0.439 e. The lowest BCUT2D eigenvalue weighted by molar-refractivity contribution is 0.388. The number of rotatable bonds is 9. The molecular weight excluding hydrogens is 518 g/mol. The predicted octanol–water partition coefficient (Wildman–Crippen LogP) is 4.75. The molecule has 0 aliphatic carbocycles. The van der Waals surface area contributed by atoms with Crippen molar-refractivity contribution in [2.45, 2.75) is 46.2 Å². The summed E-state index contributed by atoms with van der Waals surface area (Å²) in [4.78, 5) is 33.0. The molecule has 3 aromatic heterocycles. The van der Waals surface area contributed by atoms with Gasteiger partial charge in [0.05, 0.1) is 11.2 Å². The molecule has 0 saturated heterocycles. The number of aromatic amines is 1. The molecule has 0 aliphatic rings. The summed E-state index contributed by atoms with van der Waals surface area (Å²) in [5, 5.41) is 12.4. The maximum atomic E-state index is 13.9. The third kappa shape index (κ3) is 5.23. The van der Waals surface area contributed by atoms with Crippen LogP contribution < -0.4 is 11.3 Å². The lowest BCUT2D eigenvalue weighted by Crippen LogP contribution is -2.32. The minimum Gasteiger partial charge on any atom is -0.296 e. The highest BCUT2D eigenvalue weighted by Gasteiger charge is 2.17. The summed E-state index contributed by atoms with van der Waals surface area (Å²) < 4.78 is 8.12. The van der Waals surface area contributed by atoms with Crippen molar-refractivity contribution in [3.63, 3.8) is 0 Å². The lowest BCUT2D eigenvalue weighted by Gasteiger charge is -2.16. The summed E-state index contributed by atoms with van der Waals surface area (Å²) >= 11 is 0. The van der Waals surface area contributed by atoms with Crippen LogP contribution in [0.3, 0.4) is 0 Å². The van der Waals surface area contributed by atoms with Crippen LogP contribution in [0.4, 0.5) is 0 Å². The Morgan fingerprint density at radius 3 is 2.44 bits per heavy atom. The zero-order chi connectivity index (χ0) is 28.3. The van der Waals surface area contributed by atoms with E-state index < -0.39 is 5.76 Å². The number of hydrogen-bond acceptors (Lipinski definition) is 7. The molecule has 0 unspecified atom stereocenters. The summed E-state index contributed by atoms with van der Waals surface area (Å²) in [5.74, 6) is 0.433. The second kappa shape index (κ2) is 11.2. The Labute approximate surface area is 235 Å². The number of aryl methyl sites for hydroxylation is 2. The molecular formula is C31H29N7O3. The standard InChI is InChI=1S/C31H29N7O3/c1-3-4-11-26-25(30(39)37(20(2)32-26)19-38-28-13-8-7-12-27(28)34-36-38)18-21-14-16-22(17-15-21)23-9-5-6-10-24(23)29-33-31(40)41-35-29/h5-10,12-17H,3-4,11,18-19H2,1-2H3,(H,33,35,40). The van der Waals surface area contributed by atoms with Gasteiger partial charge in [-0.3, -0.25) is 18.9 Å². The second-order valence-corrected chi connectivity index (χ2v) is 10.0. The number of fused-ring (bicyclic) bond motifs is 1. The van der Waals surface area contributed by atoms with Gasteiger partial charge in [0.1, 0.15) is 18.0 Å². The van der Waals surface area contributed by atoms with Crippen molar-refractivity contribution in [2.75, 3.05) is 0 Å². The molecule has 1 N–H and O–H groups in total. The van der Waals surface area contributed by atoms with E-state index in [1.165, 1.54) is 0 Å². The summed E-state index contributed by atoms with van der Waals surface area (Å²) in [7, 11) is 0. The van der Waals surface area contributed by atoms with E-state index >= 15 is 0 Å². The van der Waals surface area contributed by atoms with Gasteiger partial charge in [0.2, 0.25) is 0 Å². The minimum atomic E-state index is -0.599. The maximum Gasteiger partial charge on any atom is 0.439 e. The first kappa shape index (κ1) is 26.1. The Hall–Kier alpha value is -5.12. The molecule has 0 atom stereocenters. The van der Waals surface area contributed by atoms with E-state index in [0.29, 0.717) is 23.6 Å². The highest BCUT2D eigenvalue weighted by molar-refractivity contribution is 5.80. The van der Waals surface area contributed by atoms with Gasteiger partial charge in [-0.15, -0.1) is 5.10 Å². The smallest absolute Gasteiger partial charge is 0.296 e. The van der Waals surface area contributed by atoms with Crippen molar-refractivity contribution in [3.05, 3.63) is 116 Å². The van der Waals surface area contributed by atoms with Crippen molar-refractivity contribution in [3.8, 4) is 22.5 Å². The van der Waals surface area contributed by atoms with Crippen LogP contribution in [0.2, 0.25) is 0 Å². The summed E-state index contributed by atoms with van der Waals surface area (Å²) in [5.41, 5.74) is 6.75. The lowest BCUT2D eigenvalue weighted by atomic mass is 9.96. The molecule has 0 radical (unpaired) electrons. The first-order chi connectivity index (χ1) is 20.0. The van der Waals surface area contributed by atoms with Crippen LogP contribution in [0.25, 0.3) is 33.5 Å². The first-order valence-corrected chi connectivity index (χ1v) is 13.6. The van der Waals surface area contributed by atoms with E-state index in [0.717, 1.165) is 58.2 Å². The molecule has 0 amide bonds. The average molecular weight is 548 g/mol. The van der Waals surface area contributed by atoms with Crippen molar-refractivity contribution < 1.29 is 4.52 Å². The molecule has 206 valence electrons. The fourth-order valence-corrected chi connectivity index (χ4v) is 5.10. The van der Waals surface area contributed by atoms with Crippen LogP contribution in [0.1, 0.15) is 42.4 Å². The summed E-state index contributed by atoms with van der Waals surface area (Å²) in [6, 6.07) is 23.4. The van der Waals surface area contributed by atoms with Crippen LogP contribution in [-0.4, -0.2) is 34.7 Å². The predicted molar refractivity (Wildman–Crippen MR) is 156 cm³/mol. The molecule has 0 fully saturated rings. The first-order valence-electron chi connectivity index (χ1n) is 13.6. The number of unbranched alkanes of at least 4 members (excludes halogenated alkanes) is 1. The van der Waals surface area contributed by atoms with E-state index in [2.05, 4.69) is 27.4 Å². The maximum absolute atomic E-state index is 13.9. The van der Waals surface area contributed by atoms with Crippen LogP contribution in [0.5, 0.6) is 0 Å². The van der Waals surface area contributed by atoms with Gasteiger partial charge < -0.3 is 0 Å². The normalized spacial score (nSPS) is 11.4. The second-order valence-electron chi connectivity index (χ2n) is 10.0. The molecule has 0 saturated carbocycles. The minimum absolute atomic E-state index is 0.0624. The summed E-state index contributed by atoms with van der Waals surface area (Å²) in [6.07, 6.45) is 3.17. The molecule has 6 aromatic rings. The number of para-hydroxylation sites is 1. The van der Waals surface area contributed by atoms with Gasteiger partial charge in [-0.1, -0.05) is 84.4 Å². The number of aromatic nitrogens is 7. The number of benzene rings is 3. The van der Waals surface area contributed by atoms with Gasteiger partial charge >= 0.3 is 5.76 Å². The topological polar surface area (TPSA) is 124 Å². The van der Waals surface area contributed by atoms with E-state index in [1.54, 1.807) is 9.25 Å². The Morgan fingerprint density at radius 2 is 1.68 bits per heavy atom. The van der Waals surface area contributed by atoms with Crippen molar-refractivity contribution in [2.24, 2.45) is 0 Å². The highest BCUT2D eigenvalue weighted by Crippen LogP contribution is 2.30. The molecule has 6 rings (SSSR count). The third-order valence-corrected chi connectivity index (χ3v) is 7.27. The van der Waals surface area contributed by atoms with E-state index in [1.807, 2.05) is 79.7 Å². The Kier molecular flexibility index (Phi) is 7.11. The molecule has 0 aliphatic heterocycles. The fourth-order valence-electron chi connectivity index (χ4n) is 5.10. The SMILES string of the molecule is CCCCc1nc(C)n(Cn2nnc3ccccc32)c(=O)c1Cc1ccc(-c2ccccc2-c2noc(=O)[nH]2)cc1. The monoisotopic (exact) mass is 547 g/mol. The molecule has 3 heterocycles. The van der Waals surface area contributed by atoms with Gasteiger partial charge in [0.15, 0.2) is 5.82 Å². The Balaban J connectivity index is 1.34. The third-order valence-electron chi connectivity index (χ3n) is 7.27. The van der Waals surface area contributed by atoms with Crippen LogP contribution >= 0.6 is 0 Å². The average Bonchev–Trinajstić information content (AvgIpc) is 3.62. The molecule has 10 nitrogen and oxygen atoms in total. The van der Waals surface area contributed by atoms with Gasteiger partial charge in [-0.2, -0.15) is 0 Å². The van der Waals surface area contributed by atoms with Gasteiger partial charge in [-0.05, 0) is 48.6 Å². The number of hydrogen-bond donors (Lipinski definition) is 1. The quantitative estimate of drug-likeness (QED) is 0.277. The van der Waals surface area contributed by atoms with Gasteiger partial charge in [-0.25, -0.2) is 14.5 Å². The molecule has 10 heteroatoms. The van der Waals surface area contributed by atoms with Crippen LogP contribution in [0.15, 0.2) is 86.9 Å². The molecule has 3 aromatic carbocycles. The molecule has 0 spiro atoms. The van der Waals surface area contributed by atoms with Gasteiger partial charge in [0.25, 0.3) is 5.56 Å².